The van der Waals surface area contributed by atoms with E-state index >= 15 is 0 Å². The molecule has 1 aromatic heterocycles. The molecule has 0 aromatic carbocycles. The van der Waals surface area contributed by atoms with E-state index in [0.29, 0.717) is 5.92 Å². The van der Waals surface area contributed by atoms with Gasteiger partial charge in [0.05, 0.1) is 6.61 Å². The lowest BCUT2D eigenvalue weighted by Gasteiger charge is -2.47. The van der Waals surface area contributed by atoms with Crippen LogP contribution in [0.2, 0.25) is 0 Å². The summed E-state index contributed by atoms with van der Waals surface area (Å²) in [5.41, 5.74) is 2.42. The highest BCUT2D eigenvalue weighted by Gasteiger charge is 2.42. The van der Waals surface area contributed by atoms with Gasteiger partial charge in [0, 0.05) is 24.0 Å². The van der Waals surface area contributed by atoms with Crippen molar-refractivity contribution < 1.29 is 5.11 Å². The number of hydrogen-bond donors (Lipinski definition) is 2. The SMILES string of the molecule is Cc1ncccc1CNC1(CO)CC(C)CC(C)(C)C1. The van der Waals surface area contributed by atoms with E-state index in [1.54, 1.807) is 0 Å². The van der Waals surface area contributed by atoms with Gasteiger partial charge in [0.2, 0.25) is 0 Å². The fourth-order valence-corrected chi connectivity index (χ4v) is 4.04. The molecule has 1 aliphatic rings. The van der Waals surface area contributed by atoms with Crippen molar-refractivity contribution in [1.29, 1.82) is 0 Å². The van der Waals surface area contributed by atoms with Crippen LogP contribution in [0.4, 0.5) is 0 Å². The quantitative estimate of drug-likeness (QED) is 0.888. The fourth-order valence-electron chi connectivity index (χ4n) is 4.04. The second-order valence-electron chi connectivity index (χ2n) is 7.39. The highest BCUT2D eigenvalue weighted by Crippen LogP contribution is 2.43. The molecule has 20 heavy (non-hydrogen) atoms. The maximum atomic E-state index is 9.96. The lowest BCUT2D eigenvalue weighted by molar-refractivity contribution is 0.0352. The van der Waals surface area contributed by atoms with Crippen LogP contribution in [0, 0.1) is 18.3 Å². The van der Waals surface area contributed by atoms with Crippen LogP contribution in [0.25, 0.3) is 0 Å². The first-order valence-corrected chi connectivity index (χ1v) is 7.62. The lowest BCUT2D eigenvalue weighted by Crippen LogP contribution is -2.54. The highest BCUT2D eigenvalue weighted by molar-refractivity contribution is 5.18. The number of pyridine rings is 1. The number of aliphatic hydroxyl groups excluding tert-OH is 1. The first-order valence-electron chi connectivity index (χ1n) is 7.62. The van der Waals surface area contributed by atoms with E-state index in [1.165, 1.54) is 12.0 Å². The average Bonchev–Trinajstić information content (AvgIpc) is 2.35. The maximum Gasteiger partial charge on any atom is 0.0613 e. The van der Waals surface area contributed by atoms with Gasteiger partial charge in [-0.1, -0.05) is 26.8 Å². The lowest BCUT2D eigenvalue weighted by atomic mass is 9.64. The summed E-state index contributed by atoms with van der Waals surface area (Å²) in [6.45, 7) is 9.94. The molecule has 3 heteroatoms. The van der Waals surface area contributed by atoms with Crippen LogP contribution >= 0.6 is 0 Å². The van der Waals surface area contributed by atoms with Crippen molar-refractivity contribution in [3.05, 3.63) is 29.6 Å². The van der Waals surface area contributed by atoms with Crippen LogP contribution in [-0.4, -0.2) is 22.2 Å². The minimum absolute atomic E-state index is 0.149. The van der Waals surface area contributed by atoms with Crippen molar-refractivity contribution in [3.63, 3.8) is 0 Å². The molecular weight excluding hydrogens is 248 g/mol. The number of hydrogen-bond acceptors (Lipinski definition) is 3. The van der Waals surface area contributed by atoms with E-state index in [1.807, 2.05) is 19.2 Å². The zero-order valence-corrected chi connectivity index (χ0v) is 13.2. The minimum atomic E-state index is -0.149. The van der Waals surface area contributed by atoms with Gasteiger partial charge < -0.3 is 10.4 Å². The van der Waals surface area contributed by atoms with E-state index in [9.17, 15) is 5.11 Å². The zero-order chi connectivity index (χ0) is 14.8. The zero-order valence-electron chi connectivity index (χ0n) is 13.2. The molecule has 0 saturated heterocycles. The standard InChI is InChI=1S/C17H28N2O/c1-13-8-16(3,4)11-17(9-13,12-20)19-10-15-6-5-7-18-14(15)2/h5-7,13,19-20H,8-12H2,1-4H3. The van der Waals surface area contributed by atoms with Crippen LogP contribution in [0.15, 0.2) is 18.3 Å². The average molecular weight is 276 g/mol. The molecular formula is C17H28N2O. The van der Waals surface area contributed by atoms with Crippen LogP contribution in [0.3, 0.4) is 0 Å². The Labute approximate surface area is 122 Å². The van der Waals surface area contributed by atoms with Crippen molar-refractivity contribution in [2.45, 2.75) is 59.0 Å². The monoisotopic (exact) mass is 276 g/mol. The van der Waals surface area contributed by atoms with Crippen molar-refractivity contribution in [2.75, 3.05) is 6.61 Å². The van der Waals surface area contributed by atoms with Crippen molar-refractivity contribution in [1.82, 2.24) is 10.3 Å². The molecule has 1 saturated carbocycles. The van der Waals surface area contributed by atoms with Gasteiger partial charge >= 0.3 is 0 Å². The second kappa shape index (κ2) is 5.82. The van der Waals surface area contributed by atoms with E-state index in [2.05, 4.69) is 37.1 Å². The van der Waals surface area contributed by atoms with Crippen molar-refractivity contribution in [3.8, 4) is 0 Å². The molecule has 2 rings (SSSR count). The van der Waals surface area contributed by atoms with Gasteiger partial charge in [-0.25, -0.2) is 0 Å². The Hall–Kier alpha value is -0.930. The van der Waals surface area contributed by atoms with Gasteiger partial charge in [-0.15, -0.1) is 0 Å². The number of nitrogens with one attached hydrogen (secondary N) is 1. The predicted molar refractivity (Wildman–Crippen MR) is 82.4 cm³/mol. The third kappa shape index (κ3) is 3.58. The summed E-state index contributed by atoms with van der Waals surface area (Å²) in [6.07, 6.45) is 5.14. The van der Waals surface area contributed by atoms with E-state index in [-0.39, 0.29) is 17.6 Å². The van der Waals surface area contributed by atoms with E-state index in [0.717, 1.165) is 25.1 Å². The summed E-state index contributed by atoms with van der Waals surface area (Å²) in [5, 5.41) is 13.6. The number of aliphatic hydroxyl groups is 1. The Balaban J connectivity index is 2.10. The topological polar surface area (TPSA) is 45.2 Å². The third-order valence-corrected chi connectivity index (χ3v) is 4.53. The summed E-state index contributed by atoms with van der Waals surface area (Å²) in [4.78, 5) is 4.33. The van der Waals surface area contributed by atoms with Crippen LogP contribution in [-0.2, 0) is 6.54 Å². The number of aryl methyl sites for hydroxylation is 1. The largest absolute Gasteiger partial charge is 0.394 e. The fraction of sp³-hybridized carbons (Fsp3) is 0.706. The van der Waals surface area contributed by atoms with Crippen LogP contribution in [0.1, 0.15) is 51.3 Å². The normalized spacial score (nSPS) is 29.4. The first kappa shape index (κ1) is 15.5. The molecule has 1 aromatic rings. The van der Waals surface area contributed by atoms with Gasteiger partial charge in [-0.05, 0) is 49.1 Å². The molecule has 1 heterocycles. The summed E-state index contributed by atoms with van der Waals surface area (Å²) in [5.74, 6) is 0.647. The Morgan fingerprint density at radius 3 is 2.75 bits per heavy atom. The Kier molecular flexibility index (Phi) is 4.50. The summed E-state index contributed by atoms with van der Waals surface area (Å²) >= 11 is 0. The van der Waals surface area contributed by atoms with Crippen molar-refractivity contribution >= 4 is 0 Å². The molecule has 2 atom stereocenters. The smallest absolute Gasteiger partial charge is 0.0613 e. The van der Waals surface area contributed by atoms with Gasteiger partial charge in [0.15, 0.2) is 0 Å². The van der Waals surface area contributed by atoms with Gasteiger partial charge in [0.25, 0.3) is 0 Å². The Bertz CT molecular complexity index is 458. The third-order valence-electron chi connectivity index (χ3n) is 4.53. The van der Waals surface area contributed by atoms with Gasteiger partial charge in [0.1, 0.15) is 0 Å². The molecule has 2 N–H and O–H groups in total. The molecule has 112 valence electrons. The molecule has 0 bridgehead atoms. The molecule has 2 unspecified atom stereocenters. The predicted octanol–water partition coefficient (Wildman–Crippen LogP) is 3.06. The first-order chi connectivity index (χ1) is 9.36. The molecule has 0 amide bonds. The molecule has 1 fully saturated rings. The van der Waals surface area contributed by atoms with Crippen molar-refractivity contribution in [2.24, 2.45) is 11.3 Å². The summed E-state index contributed by atoms with van der Waals surface area (Å²) in [7, 11) is 0. The second-order valence-corrected chi connectivity index (χ2v) is 7.39. The van der Waals surface area contributed by atoms with Gasteiger partial charge in [-0.3, -0.25) is 4.98 Å². The molecule has 0 radical (unpaired) electrons. The molecule has 1 aliphatic carbocycles. The molecule has 0 spiro atoms. The Morgan fingerprint density at radius 2 is 2.15 bits per heavy atom. The Morgan fingerprint density at radius 1 is 1.40 bits per heavy atom. The molecule has 3 nitrogen and oxygen atoms in total. The summed E-state index contributed by atoms with van der Waals surface area (Å²) < 4.78 is 0. The molecule has 0 aliphatic heterocycles. The van der Waals surface area contributed by atoms with Crippen LogP contribution in [0.5, 0.6) is 0 Å². The number of nitrogens with zero attached hydrogens (tertiary/aromatic N) is 1. The maximum absolute atomic E-state index is 9.96. The van der Waals surface area contributed by atoms with Crippen LogP contribution < -0.4 is 5.32 Å². The van der Waals surface area contributed by atoms with E-state index < -0.39 is 0 Å². The highest BCUT2D eigenvalue weighted by atomic mass is 16.3. The number of aromatic nitrogens is 1. The van der Waals surface area contributed by atoms with Gasteiger partial charge in [-0.2, -0.15) is 0 Å². The minimum Gasteiger partial charge on any atom is -0.394 e. The summed E-state index contributed by atoms with van der Waals surface area (Å²) in [6, 6.07) is 4.08. The number of rotatable bonds is 4. The van der Waals surface area contributed by atoms with E-state index in [4.69, 9.17) is 0 Å².